The summed E-state index contributed by atoms with van der Waals surface area (Å²) in [7, 11) is 1.36. The first kappa shape index (κ1) is 22.0. The van der Waals surface area contributed by atoms with E-state index in [1.807, 2.05) is 33.4 Å². The number of fused-ring (bicyclic) bond motifs is 1. The maximum atomic E-state index is 13.1. The van der Waals surface area contributed by atoms with E-state index in [0.29, 0.717) is 22.2 Å². The minimum atomic E-state index is -0.496. The van der Waals surface area contributed by atoms with E-state index in [1.165, 1.54) is 18.9 Å². The molecule has 1 aromatic rings. The van der Waals surface area contributed by atoms with E-state index < -0.39 is 12.0 Å². The second-order valence-electron chi connectivity index (χ2n) is 8.15. The molecule has 0 saturated carbocycles. The lowest BCUT2D eigenvalue weighted by Crippen LogP contribution is -2.41. The van der Waals surface area contributed by atoms with Crippen LogP contribution < -0.4 is 0 Å². The Morgan fingerprint density at radius 2 is 1.97 bits per heavy atom. The molecule has 1 atom stereocenters. The van der Waals surface area contributed by atoms with E-state index in [2.05, 4.69) is 11.9 Å². The molecule has 0 aliphatic carbocycles. The highest BCUT2D eigenvalue weighted by Gasteiger charge is 2.42. The molecular formula is C23H26ClN3O3S. The van der Waals surface area contributed by atoms with Crippen LogP contribution in [0.2, 0.25) is 5.02 Å². The van der Waals surface area contributed by atoms with E-state index >= 15 is 0 Å². The van der Waals surface area contributed by atoms with Crippen LogP contribution >= 0.6 is 23.4 Å². The minimum absolute atomic E-state index is 0.101. The van der Waals surface area contributed by atoms with Gasteiger partial charge in [0.25, 0.3) is 0 Å². The number of carbonyl (C=O) groups is 2. The van der Waals surface area contributed by atoms with Crippen LogP contribution in [0.25, 0.3) is 0 Å². The summed E-state index contributed by atoms with van der Waals surface area (Å²) in [6.45, 7) is 5.62. The zero-order valence-electron chi connectivity index (χ0n) is 17.9. The lowest BCUT2D eigenvalue weighted by Gasteiger charge is -2.37. The number of ether oxygens (including phenoxy) is 1. The van der Waals surface area contributed by atoms with Crippen LogP contribution in [0.3, 0.4) is 0 Å². The molecule has 3 aliphatic heterocycles. The molecule has 0 bridgehead atoms. The molecule has 1 unspecified atom stereocenters. The molecule has 1 fully saturated rings. The smallest absolute Gasteiger partial charge is 0.338 e. The van der Waals surface area contributed by atoms with Crippen molar-refractivity contribution in [1.82, 2.24) is 9.80 Å². The Kier molecular flexibility index (Phi) is 6.44. The Balaban J connectivity index is 1.68. The highest BCUT2D eigenvalue weighted by Crippen LogP contribution is 2.46. The Morgan fingerprint density at radius 3 is 2.65 bits per heavy atom. The SMILES string of the molecule is COC(=O)C1=C(C)N=C2SC=C(CC(=O)N3CCC(C)CC3)N2C1c1ccccc1Cl. The topological polar surface area (TPSA) is 62.2 Å². The summed E-state index contributed by atoms with van der Waals surface area (Å²) in [5.74, 6) is 0.313. The highest BCUT2D eigenvalue weighted by molar-refractivity contribution is 8.16. The maximum Gasteiger partial charge on any atom is 0.338 e. The fraction of sp³-hybridized carbons (Fsp3) is 0.435. The van der Waals surface area contributed by atoms with Crippen molar-refractivity contribution in [2.45, 2.75) is 39.2 Å². The van der Waals surface area contributed by atoms with Gasteiger partial charge in [0.2, 0.25) is 5.91 Å². The Bertz CT molecular complexity index is 996. The predicted octanol–water partition coefficient (Wildman–Crippen LogP) is 4.74. The van der Waals surface area contributed by atoms with Crippen molar-refractivity contribution < 1.29 is 14.3 Å². The first-order chi connectivity index (χ1) is 14.9. The van der Waals surface area contributed by atoms with Gasteiger partial charge in [-0.25, -0.2) is 9.79 Å². The van der Waals surface area contributed by atoms with Crippen LogP contribution in [-0.2, 0) is 14.3 Å². The van der Waals surface area contributed by atoms with Crippen molar-refractivity contribution in [3.8, 4) is 0 Å². The molecule has 1 amide bonds. The van der Waals surface area contributed by atoms with Crippen molar-refractivity contribution in [2.24, 2.45) is 10.9 Å². The monoisotopic (exact) mass is 459 g/mol. The number of likely N-dealkylation sites (tertiary alicyclic amines) is 1. The van der Waals surface area contributed by atoms with Crippen molar-refractivity contribution in [1.29, 1.82) is 0 Å². The molecule has 8 heteroatoms. The average molecular weight is 460 g/mol. The lowest BCUT2D eigenvalue weighted by atomic mass is 9.93. The van der Waals surface area contributed by atoms with Gasteiger partial charge in [0.1, 0.15) is 0 Å². The molecule has 31 heavy (non-hydrogen) atoms. The Labute approximate surface area is 192 Å². The summed E-state index contributed by atoms with van der Waals surface area (Å²) < 4.78 is 5.08. The zero-order valence-corrected chi connectivity index (χ0v) is 19.5. The first-order valence-corrected chi connectivity index (χ1v) is 11.7. The van der Waals surface area contributed by atoms with Crippen LogP contribution in [0.15, 0.2) is 51.6 Å². The van der Waals surface area contributed by atoms with Gasteiger partial charge in [-0.15, -0.1) is 0 Å². The third-order valence-electron chi connectivity index (χ3n) is 6.07. The van der Waals surface area contributed by atoms with Crippen LogP contribution in [0.1, 0.15) is 44.7 Å². The Morgan fingerprint density at radius 1 is 1.26 bits per heavy atom. The molecule has 3 heterocycles. The molecule has 6 nitrogen and oxygen atoms in total. The fourth-order valence-electron chi connectivity index (χ4n) is 4.26. The number of aliphatic imine (C=N–C) groups is 1. The van der Waals surface area contributed by atoms with Gasteiger partial charge >= 0.3 is 5.97 Å². The summed E-state index contributed by atoms with van der Waals surface area (Å²) in [6, 6.07) is 6.96. The standard InChI is InChI=1S/C23H26ClN3O3S/c1-14-8-10-26(11-9-14)19(28)12-16-13-31-23-25-15(2)20(22(29)30-3)21(27(16)23)17-6-4-5-7-18(17)24/h4-7,13-14,21H,8-12H2,1-3H3. The van der Waals surface area contributed by atoms with Crippen molar-refractivity contribution in [2.75, 3.05) is 20.2 Å². The number of amides is 1. The number of esters is 1. The van der Waals surface area contributed by atoms with E-state index in [9.17, 15) is 9.59 Å². The maximum absolute atomic E-state index is 13.1. The summed E-state index contributed by atoms with van der Waals surface area (Å²) in [6.07, 6.45) is 2.33. The molecule has 1 aromatic carbocycles. The number of carbonyl (C=O) groups excluding carboxylic acids is 2. The molecule has 0 radical (unpaired) electrons. The number of rotatable bonds is 4. The number of allylic oxidation sites excluding steroid dienone is 1. The lowest BCUT2D eigenvalue weighted by molar-refractivity contribution is -0.136. The summed E-state index contributed by atoms with van der Waals surface area (Å²) >= 11 is 8.02. The quantitative estimate of drug-likeness (QED) is 0.609. The van der Waals surface area contributed by atoms with Crippen LogP contribution in [0.4, 0.5) is 0 Å². The Hall–Kier alpha value is -2.25. The molecule has 0 N–H and O–H groups in total. The van der Waals surface area contributed by atoms with Gasteiger partial charge in [0, 0.05) is 23.8 Å². The number of benzene rings is 1. The van der Waals surface area contributed by atoms with E-state index in [0.717, 1.165) is 42.4 Å². The van der Waals surface area contributed by atoms with Crippen molar-refractivity contribution >= 4 is 40.4 Å². The van der Waals surface area contributed by atoms with Gasteiger partial charge in [0.15, 0.2) is 5.17 Å². The molecule has 0 spiro atoms. The summed E-state index contributed by atoms with van der Waals surface area (Å²) in [5, 5.41) is 3.25. The highest BCUT2D eigenvalue weighted by atomic mass is 35.5. The number of hydrogen-bond acceptors (Lipinski definition) is 6. The average Bonchev–Trinajstić information content (AvgIpc) is 3.15. The number of nitrogens with zero attached hydrogens (tertiary/aromatic N) is 3. The summed E-state index contributed by atoms with van der Waals surface area (Å²) in [5.41, 5.74) is 2.64. The number of thioether (sulfide) groups is 1. The second-order valence-corrected chi connectivity index (χ2v) is 9.39. The zero-order chi connectivity index (χ0) is 22.1. The van der Waals surface area contributed by atoms with Crippen LogP contribution in [0, 0.1) is 5.92 Å². The molecular weight excluding hydrogens is 434 g/mol. The molecule has 0 aromatic heterocycles. The molecule has 3 aliphatic rings. The van der Waals surface area contributed by atoms with Gasteiger partial charge in [0.05, 0.1) is 30.8 Å². The summed E-state index contributed by atoms with van der Waals surface area (Å²) in [4.78, 5) is 34.4. The van der Waals surface area contributed by atoms with Crippen molar-refractivity contribution in [3.05, 3.63) is 57.2 Å². The van der Waals surface area contributed by atoms with Gasteiger partial charge in [-0.3, -0.25) is 4.79 Å². The number of amidine groups is 1. The molecule has 1 saturated heterocycles. The van der Waals surface area contributed by atoms with Crippen LogP contribution in [-0.4, -0.2) is 47.0 Å². The molecule has 4 rings (SSSR count). The predicted molar refractivity (Wildman–Crippen MR) is 123 cm³/mol. The fourth-order valence-corrected chi connectivity index (χ4v) is 5.46. The molecule has 164 valence electrons. The number of hydrogen-bond donors (Lipinski definition) is 0. The largest absolute Gasteiger partial charge is 0.466 e. The van der Waals surface area contributed by atoms with Crippen molar-refractivity contribution in [3.63, 3.8) is 0 Å². The third-order valence-corrected chi connectivity index (χ3v) is 7.31. The van der Waals surface area contributed by atoms with E-state index in [1.54, 1.807) is 13.0 Å². The van der Waals surface area contributed by atoms with Gasteiger partial charge in [-0.2, -0.15) is 0 Å². The number of piperidine rings is 1. The van der Waals surface area contributed by atoms with Gasteiger partial charge in [-0.05, 0) is 42.7 Å². The minimum Gasteiger partial charge on any atom is -0.466 e. The number of methoxy groups -OCH3 is 1. The number of halogens is 1. The third kappa shape index (κ3) is 4.26. The second kappa shape index (κ2) is 9.09. The van der Waals surface area contributed by atoms with Gasteiger partial charge in [-0.1, -0.05) is 48.5 Å². The normalized spacial score (nSPS) is 21.6. The van der Waals surface area contributed by atoms with Crippen LogP contribution in [0.5, 0.6) is 0 Å². The van der Waals surface area contributed by atoms with Gasteiger partial charge < -0.3 is 14.5 Å². The van der Waals surface area contributed by atoms with E-state index in [4.69, 9.17) is 16.3 Å². The van der Waals surface area contributed by atoms with E-state index in [-0.39, 0.29) is 12.3 Å². The first-order valence-electron chi connectivity index (χ1n) is 10.5.